The van der Waals surface area contributed by atoms with Crippen LogP contribution in [-0.2, 0) is 4.79 Å². The van der Waals surface area contributed by atoms with Crippen molar-refractivity contribution in [3.63, 3.8) is 0 Å². The molecule has 2 aliphatic heterocycles. The first-order valence-corrected chi connectivity index (χ1v) is 6.39. The Morgan fingerprint density at radius 3 is 2.28 bits per heavy atom. The van der Waals surface area contributed by atoms with Gasteiger partial charge in [0.15, 0.2) is 0 Å². The van der Waals surface area contributed by atoms with E-state index >= 15 is 0 Å². The van der Waals surface area contributed by atoms with E-state index in [1.54, 1.807) is 0 Å². The Morgan fingerprint density at radius 1 is 1.11 bits per heavy atom. The van der Waals surface area contributed by atoms with E-state index < -0.39 is 0 Å². The van der Waals surface area contributed by atoms with Crippen LogP contribution in [0.3, 0.4) is 0 Å². The molecule has 0 aromatic carbocycles. The summed E-state index contributed by atoms with van der Waals surface area (Å²) in [5.74, 6) is 0.602. The standard InChI is InChI=1S/C12H23N3O.2ClH/c1-14-7-4-10(5-8-14)12(16)15-6-2-3-11(13)9-15;;/h10-11H,2-9,13H2,1H3;2*1H/t11-;;/m0../s1. The topological polar surface area (TPSA) is 49.6 Å². The smallest absolute Gasteiger partial charge is 0.225 e. The minimum atomic E-state index is 0. The Kier molecular flexibility index (Phi) is 8.19. The van der Waals surface area contributed by atoms with Gasteiger partial charge in [-0.2, -0.15) is 0 Å². The molecule has 2 heterocycles. The fourth-order valence-electron chi connectivity index (χ4n) is 2.72. The molecule has 18 heavy (non-hydrogen) atoms. The normalized spacial score (nSPS) is 26.1. The molecule has 4 nitrogen and oxygen atoms in total. The number of carbonyl (C=O) groups excluding carboxylic acids is 1. The second kappa shape index (κ2) is 8.20. The van der Waals surface area contributed by atoms with E-state index in [0.717, 1.165) is 51.9 Å². The molecule has 1 atom stereocenters. The monoisotopic (exact) mass is 297 g/mol. The van der Waals surface area contributed by atoms with Gasteiger partial charge in [-0.15, -0.1) is 24.8 Å². The minimum absolute atomic E-state index is 0. The number of halogens is 2. The zero-order chi connectivity index (χ0) is 11.5. The summed E-state index contributed by atoms with van der Waals surface area (Å²) in [5, 5.41) is 0. The summed E-state index contributed by atoms with van der Waals surface area (Å²) in [4.78, 5) is 16.5. The maximum Gasteiger partial charge on any atom is 0.225 e. The van der Waals surface area contributed by atoms with Gasteiger partial charge >= 0.3 is 0 Å². The zero-order valence-electron chi connectivity index (χ0n) is 11.0. The molecular weight excluding hydrogens is 273 g/mol. The molecule has 2 aliphatic rings. The summed E-state index contributed by atoms with van der Waals surface area (Å²) in [6.45, 7) is 3.79. The number of likely N-dealkylation sites (tertiary alicyclic amines) is 2. The molecule has 2 rings (SSSR count). The quantitative estimate of drug-likeness (QED) is 0.789. The van der Waals surface area contributed by atoms with Gasteiger partial charge in [-0.1, -0.05) is 0 Å². The van der Waals surface area contributed by atoms with Gasteiger partial charge in [-0.25, -0.2) is 0 Å². The molecule has 0 saturated carbocycles. The predicted octanol–water partition coefficient (Wildman–Crippen LogP) is 1.12. The number of hydrogen-bond donors (Lipinski definition) is 1. The molecule has 108 valence electrons. The minimum Gasteiger partial charge on any atom is -0.341 e. The van der Waals surface area contributed by atoms with E-state index in [1.165, 1.54) is 0 Å². The van der Waals surface area contributed by atoms with Crippen molar-refractivity contribution < 1.29 is 4.79 Å². The lowest BCUT2D eigenvalue weighted by atomic mass is 9.94. The number of rotatable bonds is 1. The lowest BCUT2D eigenvalue weighted by molar-refractivity contribution is -0.138. The first-order valence-electron chi connectivity index (χ1n) is 6.39. The third-order valence-electron chi connectivity index (χ3n) is 3.84. The highest BCUT2D eigenvalue weighted by Gasteiger charge is 2.29. The van der Waals surface area contributed by atoms with Gasteiger partial charge < -0.3 is 15.5 Å². The van der Waals surface area contributed by atoms with Gasteiger partial charge in [-0.3, -0.25) is 4.79 Å². The molecular formula is C12H25Cl2N3O. The molecule has 2 N–H and O–H groups in total. The van der Waals surface area contributed by atoms with Crippen LogP contribution in [0.25, 0.3) is 0 Å². The third kappa shape index (κ3) is 4.57. The van der Waals surface area contributed by atoms with Crippen LogP contribution in [-0.4, -0.2) is 55.0 Å². The first-order chi connectivity index (χ1) is 7.66. The number of nitrogens with zero attached hydrogens (tertiary/aromatic N) is 2. The molecule has 0 spiro atoms. The SMILES string of the molecule is CN1CCC(C(=O)N2CCC[C@H](N)C2)CC1.Cl.Cl. The Bertz CT molecular complexity index is 258. The van der Waals surface area contributed by atoms with Crippen LogP contribution in [0.2, 0.25) is 0 Å². The Hall–Kier alpha value is -0.0300. The molecule has 2 saturated heterocycles. The summed E-state index contributed by atoms with van der Waals surface area (Å²) in [6, 6.07) is 0.198. The van der Waals surface area contributed by atoms with Crippen molar-refractivity contribution in [2.75, 3.05) is 33.2 Å². The number of amides is 1. The summed E-state index contributed by atoms with van der Waals surface area (Å²) >= 11 is 0. The predicted molar refractivity (Wildman–Crippen MR) is 78.5 cm³/mol. The average Bonchev–Trinajstić information content (AvgIpc) is 2.29. The summed E-state index contributed by atoms with van der Waals surface area (Å²) in [7, 11) is 2.12. The Morgan fingerprint density at radius 2 is 1.72 bits per heavy atom. The van der Waals surface area contributed by atoms with Crippen molar-refractivity contribution in [1.82, 2.24) is 9.80 Å². The summed E-state index contributed by atoms with van der Waals surface area (Å²) in [6.07, 6.45) is 4.17. The molecule has 0 aliphatic carbocycles. The molecule has 0 unspecified atom stereocenters. The number of hydrogen-bond acceptors (Lipinski definition) is 3. The molecule has 0 bridgehead atoms. The molecule has 1 amide bonds. The van der Waals surface area contributed by atoms with Crippen LogP contribution in [0, 0.1) is 5.92 Å². The largest absolute Gasteiger partial charge is 0.341 e. The first kappa shape index (κ1) is 18.0. The molecule has 0 aromatic heterocycles. The molecule has 0 aromatic rings. The van der Waals surface area contributed by atoms with Crippen molar-refractivity contribution in [2.24, 2.45) is 11.7 Å². The third-order valence-corrected chi connectivity index (χ3v) is 3.84. The van der Waals surface area contributed by atoms with E-state index in [9.17, 15) is 4.79 Å². The zero-order valence-corrected chi connectivity index (χ0v) is 12.6. The summed E-state index contributed by atoms with van der Waals surface area (Å²) < 4.78 is 0. The Balaban J connectivity index is 0.00000144. The van der Waals surface area contributed by atoms with Crippen molar-refractivity contribution in [3.05, 3.63) is 0 Å². The van der Waals surface area contributed by atoms with Crippen LogP contribution in [0.15, 0.2) is 0 Å². The highest BCUT2D eigenvalue weighted by atomic mass is 35.5. The van der Waals surface area contributed by atoms with Gasteiger partial charge in [-0.05, 0) is 45.8 Å². The maximum absolute atomic E-state index is 12.3. The number of carbonyl (C=O) groups is 1. The van der Waals surface area contributed by atoms with E-state index in [-0.39, 0.29) is 36.8 Å². The lowest BCUT2D eigenvalue weighted by Crippen LogP contribution is -2.49. The average molecular weight is 298 g/mol. The van der Waals surface area contributed by atoms with Crippen molar-refractivity contribution >= 4 is 30.7 Å². The van der Waals surface area contributed by atoms with Gasteiger partial charge in [0.1, 0.15) is 0 Å². The highest BCUT2D eigenvalue weighted by molar-refractivity contribution is 5.85. The molecule has 6 heteroatoms. The van der Waals surface area contributed by atoms with Gasteiger partial charge in [0, 0.05) is 25.0 Å². The number of nitrogens with two attached hydrogens (primary N) is 1. The van der Waals surface area contributed by atoms with Crippen LogP contribution in [0.5, 0.6) is 0 Å². The number of piperidine rings is 2. The van der Waals surface area contributed by atoms with Crippen molar-refractivity contribution in [1.29, 1.82) is 0 Å². The van der Waals surface area contributed by atoms with Crippen LogP contribution >= 0.6 is 24.8 Å². The van der Waals surface area contributed by atoms with Crippen LogP contribution in [0.4, 0.5) is 0 Å². The maximum atomic E-state index is 12.3. The molecule has 2 fully saturated rings. The Labute approximate surface area is 122 Å². The fourth-order valence-corrected chi connectivity index (χ4v) is 2.72. The second-order valence-corrected chi connectivity index (χ2v) is 5.26. The van der Waals surface area contributed by atoms with E-state index in [2.05, 4.69) is 11.9 Å². The fraction of sp³-hybridized carbons (Fsp3) is 0.917. The van der Waals surface area contributed by atoms with Crippen LogP contribution < -0.4 is 5.73 Å². The van der Waals surface area contributed by atoms with Crippen molar-refractivity contribution in [2.45, 2.75) is 31.7 Å². The highest BCUT2D eigenvalue weighted by Crippen LogP contribution is 2.20. The van der Waals surface area contributed by atoms with E-state index in [4.69, 9.17) is 5.73 Å². The summed E-state index contributed by atoms with van der Waals surface area (Å²) in [5.41, 5.74) is 5.91. The lowest BCUT2D eigenvalue weighted by Gasteiger charge is -2.36. The van der Waals surface area contributed by atoms with Crippen LogP contribution in [0.1, 0.15) is 25.7 Å². The van der Waals surface area contributed by atoms with E-state index in [0.29, 0.717) is 5.91 Å². The van der Waals surface area contributed by atoms with Gasteiger partial charge in [0.25, 0.3) is 0 Å². The van der Waals surface area contributed by atoms with Crippen molar-refractivity contribution in [3.8, 4) is 0 Å². The molecule has 0 radical (unpaired) electrons. The van der Waals surface area contributed by atoms with E-state index in [1.807, 2.05) is 4.90 Å². The van der Waals surface area contributed by atoms with Gasteiger partial charge in [0.2, 0.25) is 5.91 Å². The second-order valence-electron chi connectivity index (χ2n) is 5.26. The van der Waals surface area contributed by atoms with Gasteiger partial charge in [0.05, 0.1) is 0 Å².